The average molecular weight is 422 g/mol. The van der Waals surface area contributed by atoms with E-state index >= 15 is 0 Å². The summed E-state index contributed by atoms with van der Waals surface area (Å²) in [5.41, 5.74) is 1.53. The van der Waals surface area contributed by atoms with E-state index in [9.17, 15) is 20.1 Å². The quantitative estimate of drug-likeness (QED) is 0.480. The molecule has 0 amide bonds. The first-order valence-corrected chi connectivity index (χ1v) is 10.7. The van der Waals surface area contributed by atoms with Crippen molar-refractivity contribution in [2.24, 2.45) is 17.3 Å². The molecule has 0 radical (unpaired) electrons. The number of benzene rings is 2. The van der Waals surface area contributed by atoms with Crippen LogP contribution in [0.1, 0.15) is 38.7 Å². The Hall–Kier alpha value is -3.15. The Balaban J connectivity index is 1.69. The van der Waals surface area contributed by atoms with Crippen LogP contribution in [-0.2, 0) is 6.42 Å². The van der Waals surface area contributed by atoms with Gasteiger partial charge in [0, 0.05) is 11.6 Å². The van der Waals surface area contributed by atoms with Gasteiger partial charge < -0.3 is 24.5 Å². The van der Waals surface area contributed by atoms with E-state index in [0.717, 1.165) is 24.8 Å². The second-order valence-electron chi connectivity index (χ2n) is 9.52. The lowest BCUT2D eigenvalue weighted by Gasteiger charge is -2.43. The van der Waals surface area contributed by atoms with Crippen LogP contribution < -0.4 is 10.2 Å². The fraction of sp³-hybridized carbons (Fsp3) is 0.400. The highest BCUT2D eigenvalue weighted by atomic mass is 16.5. The summed E-state index contributed by atoms with van der Waals surface area (Å²) in [6.45, 7) is 5.19. The third kappa shape index (κ3) is 3.12. The van der Waals surface area contributed by atoms with Crippen molar-refractivity contribution in [3.63, 3.8) is 0 Å². The summed E-state index contributed by atoms with van der Waals surface area (Å²) in [4.78, 5) is 13.3. The standard InChI is InChI=1S/C25H26O6/c1-25(2)7-3-4-14-11-30-21-10-20(28)22-23(29)16(13-5-6-18(26)19(27)8-13)12-31-24(22)15(21)9-17(14)25/h5-6,8,10,12,14,17,26-28H,3-4,7,9,11H2,1-2H3/t14-,17+/m0/s1. The molecule has 0 saturated heterocycles. The molecule has 6 heteroatoms. The molecule has 3 aromatic rings. The number of rotatable bonds is 1. The van der Waals surface area contributed by atoms with E-state index < -0.39 is 5.43 Å². The predicted octanol–water partition coefficient (Wildman–Crippen LogP) is 4.95. The maximum Gasteiger partial charge on any atom is 0.204 e. The Morgan fingerprint density at radius 1 is 1.06 bits per heavy atom. The molecule has 3 N–H and O–H groups in total. The molecule has 2 atom stereocenters. The highest BCUT2D eigenvalue weighted by Crippen LogP contribution is 2.49. The number of hydrogen-bond acceptors (Lipinski definition) is 6. The fourth-order valence-corrected chi connectivity index (χ4v) is 5.43. The fourth-order valence-electron chi connectivity index (χ4n) is 5.43. The molecular formula is C25H26O6. The van der Waals surface area contributed by atoms with Crippen molar-refractivity contribution < 1.29 is 24.5 Å². The number of phenolic OH excluding ortho intramolecular Hbond substituents is 3. The maximum absolute atomic E-state index is 13.3. The van der Waals surface area contributed by atoms with Gasteiger partial charge in [0.25, 0.3) is 0 Å². The van der Waals surface area contributed by atoms with Gasteiger partial charge in [-0.3, -0.25) is 4.79 Å². The Morgan fingerprint density at radius 3 is 2.65 bits per heavy atom. The normalized spacial score (nSPS) is 22.3. The highest BCUT2D eigenvalue weighted by Gasteiger charge is 2.42. The Labute approximate surface area is 179 Å². The molecule has 2 aliphatic rings. The zero-order valence-corrected chi connectivity index (χ0v) is 17.6. The molecule has 162 valence electrons. The van der Waals surface area contributed by atoms with Gasteiger partial charge in [-0.05, 0) is 54.2 Å². The van der Waals surface area contributed by atoms with Crippen LogP contribution in [0, 0.1) is 17.3 Å². The molecule has 0 unspecified atom stereocenters. The molecule has 0 spiro atoms. The van der Waals surface area contributed by atoms with Crippen molar-refractivity contribution in [1.82, 2.24) is 0 Å². The van der Waals surface area contributed by atoms with Crippen molar-refractivity contribution in [3.8, 4) is 34.1 Å². The molecule has 1 aromatic heterocycles. The van der Waals surface area contributed by atoms with Gasteiger partial charge >= 0.3 is 0 Å². The monoisotopic (exact) mass is 422 g/mol. The van der Waals surface area contributed by atoms with E-state index in [1.165, 1.54) is 36.9 Å². The van der Waals surface area contributed by atoms with Crippen molar-refractivity contribution in [1.29, 1.82) is 0 Å². The minimum absolute atomic E-state index is 0.111. The summed E-state index contributed by atoms with van der Waals surface area (Å²) in [6, 6.07) is 5.65. The lowest BCUT2D eigenvalue weighted by atomic mass is 9.62. The smallest absolute Gasteiger partial charge is 0.204 e. The average Bonchev–Trinajstić information content (AvgIpc) is 2.91. The Bertz CT molecular complexity index is 1240. The molecular weight excluding hydrogens is 396 g/mol. The molecule has 5 rings (SSSR count). The second-order valence-corrected chi connectivity index (χ2v) is 9.52. The van der Waals surface area contributed by atoms with Gasteiger partial charge in [0.15, 0.2) is 11.5 Å². The number of fused-ring (bicyclic) bond motifs is 4. The lowest BCUT2D eigenvalue weighted by Crippen LogP contribution is -2.37. The van der Waals surface area contributed by atoms with E-state index in [0.29, 0.717) is 35.3 Å². The van der Waals surface area contributed by atoms with Gasteiger partial charge in [0.05, 0.1) is 12.2 Å². The molecule has 1 saturated carbocycles. The van der Waals surface area contributed by atoms with Crippen LogP contribution in [0.15, 0.2) is 39.7 Å². The predicted molar refractivity (Wildman–Crippen MR) is 117 cm³/mol. The first-order valence-electron chi connectivity index (χ1n) is 10.7. The molecule has 31 heavy (non-hydrogen) atoms. The van der Waals surface area contributed by atoms with Crippen LogP contribution in [0.3, 0.4) is 0 Å². The van der Waals surface area contributed by atoms with E-state index in [1.807, 2.05) is 0 Å². The number of phenols is 3. The first kappa shape index (κ1) is 19.8. The second kappa shape index (κ2) is 6.94. The molecule has 1 fully saturated rings. The number of hydrogen-bond donors (Lipinski definition) is 3. The summed E-state index contributed by atoms with van der Waals surface area (Å²) in [5.74, 6) is 0.615. The van der Waals surface area contributed by atoms with Gasteiger partial charge in [-0.25, -0.2) is 0 Å². The third-order valence-electron chi connectivity index (χ3n) is 7.22. The van der Waals surface area contributed by atoms with Gasteiger partial charge in [0.1, 0.15) is 28.7 Å². The van der Waals surface area contributed by atoms with Crippen molar-refractivity contribution in [3.05, 3.63) is 46.3 Å². The highest BCUT2D eigenvalue weighted by molar-refractivity contribution is 5.91. The SMILES string of the molecule is CC1(C)CCC[C@H]2COc3cc(O)c4c(=O)c(-c5ccc(O)c(O)c5)coc4c3C[C@H]21. The van der Waals surface area contributed by atoms with E-state index in [4.69, 9.17) is 9.15 Å². The summed E-state index contributed by atoms with van der Waals surface area (Å²) >= 11 is 0. The van der Waals surface area contributed by atoms with Crippen LogP contribution in [0.25, 0.3) is 22.1 Å². The van der Waals surface area contributed by atoms with Crippen molar-refractivity contribution >= 4 is 11.0 Å². The number of ether oxygens (including phenoxy) is 1. The van der Waals surface area contributed by atoms with Crippen LogP contribution in [-0.4, -0.2) is 21.9 Å². The maximum atomic E-state index is 13.3. The Kier molecular flexibility index (Phi) is 4.43. The summed E-state index contributed by atoms with van der Waals surface area (Å²) in [6.07, 6.45) is 5.52. The van der Waals surface area contributed by atoms with E-state index in [-0.39, 0.29) is 33.6 Å². The van der Waals surface area contributed by atoms with Crippen molar-refractivity contribution in [2.45, 2.75) is 39.5 Å². The third-order valence-corrected chi connectivity index (χ3v) is 7.22. The molecule has 0 bridgehead atoms. The van der Waals surface area contributed by atoms with Crippen molar-refractivity contribution in [2.75, 3.05) is 6.61 Å². The summed E-state index contributed by atoms with van der Waals surface area (Å²) < 4.78 is 12.0. The van der Waals surface area contributed by atoms with Crippen LogP contribution >= 0.6 is 0 Å². The minimum atomic E-state index is -0.393. The zero-order chi connectivity index (χ0) is 21.9. The Morgan fingerprint density at radius 2 is 1.87 bits per heavy atom. The topological polar surface area (TPSA) is 100 Å². The first-order chi connectivity index (χ1) is 14.8. The summed E-state index contributed by atoms with van der Waals surface area (Å²) in [5, 5.41) is 30.2. The molecule has 1 aliphatic heterocycles. The van der Waals surface area contributed by atoms with Gasteiger partial charge in [0.2, 0.25) is 5.43 Å². The van der Waals surface area contributed by atoms with Gasteiger partial charge in [-0.1, -0.05) is 26.3 Å². The largest absolute Gasteiger partial charge is 0.507 e. The van der Waals surface area contributed by atoms with E-state index in [2.05, 4.69) is 13.8 Å². The van der Waals surface area contributed by atoms with Gasteiger partial charge in [-0.2, -0.15) is 0 Å². The lowest BCUT2D eigenvalue weighted by molar-refractivity contribution is 0.0535. The molecule has 1 aliphatic carbocycles. The molecule has 6 nitrogen and oxygen atoms in total. The minimum Gasteiger partial charge on any atom is -0.507 e. The summed E-state index contributed by atoms with van der Waals surface area (Å²) in [7, 11) is 0. The van der Waals surface area contributed by atoms with Crippen LogP contribution in [0.4, 0.5) is 0 Å². The van der Waals surface area contributed by atoms with Crippen LogP contribution in [0.2, 0.25) is 0 Å². The van der Waals surface area contributed by atoms with E-state index in [1.54, 1.807) is 0 Å². The van der Waals surface area contributed by atoms with Gasteiger partial charge in [-0.15, -0.1) is 0 Å². The zero-order valence-electron chi connectivity index (χ0n) is 17.6. The van der Waals surface area contributed by atoms with Crippen LogP contribution in [0.5, 0.6) is 23.0 Å². The number of aromatic hydroxyl groups is 3. The molecule has 2 aromatic carbocycles. The molecule has 2 heterocycles.